The normalized spacial score (nSPS) is 18.9. The number of aliphatic hydroxyl groups excluding tert-OH is 1. The highest BCUT2D eigenvalue weighted by Gasteiger charge is 2.29. The summed E-state index contributed by atoms with van der Waals surface area (Å²) in [5.41, 5.74) is 0. The first-order valence-electron chi connectivity index (χ1n) is 6.20. The van der Waals surface area contributed by atoms with Crippen LogP contribution < -0.4 is 0 Å². The molecule has 0 bridgehead atoms. The van der Waals surface area contributed by atoms with Crippen molar-refractivity contribution in [3.05, 3.63) is 0 Å². The molecule has 1 fully saturated rings. The lowest BCUT2D eigenvalue weighted by Gasteiger charge is -2.24. The minimum absolute atomic E-state index is 0.0996. The molecular formula is C12H25NO. The third-order valence-electron chi connectivity index (χ3n) is 2.93. The number of rotatable bonds is 8. The maximum absolute atomic E-state index is 9.75. The van der Waals surface area contributed by atoms with Crippen molar-refractivity contribution in [1.82, 2.24) is 4.90 Å². The highest BCUT2D eigenvalue weighted by molar-refractivity contribution is 4.85. The molecule has 0 saturated heterocycles. The summed E-state index contributed by atoms with van der Waals surface area (Å²) in [7, 11) is 0. The van der Waals surface area contributed by atoms with E-state index in [4.69, 9.17) is 0 Å². The van der Waals surface area contributed by atoms with Crippen molar-refractivity contribution in [3.8, 4) is 0 Å². The molecule has 0 aromatic heterocycles. The van der Waals surface area contributed by atoms with Gasteiger partial charge in [-0.1, -0.05) is 26.7 Å². The molecule has 1 rings (SSSR count). The maximum atomic E-state index is 9.75. The zero-order valence-electron chi connectivity index (χ0n) is 9.71. The van der Waals surface area contributed by atoms with Gasteiger partial charge in [-0.3, -0.25) is 4.90 Å². The average Bonchev–Trinajstić information content (AvgIpc) is 2.95. The quantitative estimate of drug-likeness (QED) is 0.649. The van der Waals surface area contributed by atoms with Crippen molar-refractivity contribution < 1.29 is 5.11 Å². The van der Waals surface area contributed by atoms with Crippen molar-refractivity contribution in [1.29, 1.82) is 0 Å². The van der Waals surface area contributed by atoms with Crippen LogP contribution in [-0.2, 0) is 0 Å². The lowest BCUT2D eigenvalue weighted by Crippen LogP contribution is -2.34. The van der Waals surface area contributed by atoms with E-state index in [0.29, 0.717) is 0 Å². The van der Waals surface area contributed by atoms with E-state index in [1.165, 1.54) is 32.2 Å². The summed E-state index contributed by atoms with van der Waals surface area (Å²) in [4.78, 5) is 2.49. The molecule has 84 valence electrons. The van der Waals surface area contributed by atoms with Gasteiger partial charge in [0.25, 0.3) is 0 Å². The fraction of sp³-hybridized carbons (Fsp3) is 1.00. The first kappa shape index (κ1) is 12.0. The Morgan fingerprint density at radius 1 is 1.29 bits per heavy atom. The minimum atomic E-state index is -0.0996. The lowest BCUT2D eigenvalue weighted by molar-refractivity contribution is 0.0996. The van der Waals surface area contributed by atoms with Gasteiger partial charge in [0.2, 0.25) is 0 Å². The van der Waals surface area contributed by atoms with Gasteiger partial charge in [-0.15, -0.1) is 0 Å². The summed E-state index contributed by atoms with van der Waals surface area (Å²) < 4.78 is 0. The van der Waals surface area contributed by atoms with Crippen LogP contribution in [0.2, 0.25) is 0 Å². The Hall–Kier alpha value is -0.0800. The van der Waals surface area contributed by atoms with Crippen LogP contribution in [0.5, 0.6) is 0 Å². The fourth-order valence-electron chi connectivity index (χ4n) is 1.92. The predicted octanol–water partition coefficient (Wildman–Crippen LogP) is 2.41. The molecule has 1 N–H and O–H groups in total. The second-order valence-electron chi connectivity index (χ2n) is 4.52. The van der Waals surface area contributed by atoms with E-state index in [1.54, 1.807) is 0 Å². The molecule has 1 saturated carbocycles. The van der Waals surface area contributed by atoms with Gasteiger partial charge in [0.05, 0.1) is 6.10 Å². The predicted molar refractivity (Wildman–Crippen MR) is 60.4 cm³/mol. The summed E-state index contributed by atoms with van der Waals surface area (Å²) in [6.07, 6.45) is 7.17. The Balaban J connectivity index is 2.20. The SMILES string of the molecule is CCCCN(CC(O)CCC)C1CC1. The Bertz CT molecular complexity index is 145. The van der Waals surface area contributed by atoms with Crippen LogP contribution in [0.1, 0.15) is 52.4 Å². The van der Waals surface area contributed by atoms with Crippen molar-refractivity contribution in [2.45, 2.75) is 64.5 Å². The molecule has 1 aliphatic carbocycles. The first-order chi connectivity index (χ1) is 6.77. The topological polar surface area (TPSA) is 23.5 Å². The van der Waals surface area contributed by atoms with Crippen LogP contribution in [0, 0.1) is 0 Å². The number of aliphatic hydroxyl groups is 1. The number of hydrogen-bond acceptors (Lipinski definition) is 2. The van der Waals surface area contributed by atoms with Crippen molar-refractivity contribution in [2.75, 3.05) is 13.1 Å². The number of hydrogen-bond donors (Lipinski definition) is 1. The molecule has 0 spiro atoms. The molecule has 1 atom stereocenters. The Morgan fingerprint density at radius 3 is 2.50 bits per heavy atom. The van der Waals surface area contributed by atoms with E-state index < -0.39 is 0 Å². The lowest BCUT2D eigenvalue weighted by atomic mass is 10.2. The molecule has 14 heavy (non-hydrogen) atoms. The molecule has 0 heterocycles. The zero-order valence-corrected chi connectivity index (χ0v) is 9.71. The van der Waals surface area contributed by atoms with Gasteiger partial charge in [-0.2, -0.15) is 0 Å². The van der Waals surface area contributed by atoms with Gasteiger partial charge < -0.3 is 5.11 Å². The van der Waals surface area contributed by atoms with Crippen LogP contribution in [0.4, 0.5) is 0 Å². The number of nitrogens with zero attached hydrogens (tertiary/aromatic N) is 1. The van der Waals surface area contributed by atoms with Crippen molar-refractivity contribution in [3.63, 3.8) is 0 Å². The molecule has 0 aromatic carbocycles. The van der Waals surface area contributed by atoms with Crippen LogP contribution in [0.25, 0.3) is 0 Å². The van der Waals surface area contributed by atoms with Gasteiger partial charge in [0.1, 0.15) is 0 Å². The molecule has 0 aromatic rings. The summed E-state index contributed by atoms with van der Waals surface area (Å²) >= 11 is 0. The number of unbranched alkanes of at least 4 members (excludes halogenated alkanes) is 1. The van der Waals surface area contributed by atoms with Crippen LogP contribution in [-0.4, -0.2) is 35.2 Å². The molecule has 1 unspecified atom stereocenters. The smallest absolute Gasteiger partial charge is 0.0667 e. The standard InChI is InChI=1S/C12H25NO/c1-3-5-9-13(11-7-8-11)10-12(14)6-4-2/h11-12,14H,3-10H2,1-2H3. The van der Waals surface area contributed by atoms with Gasteiger partial charge >= 0.3 is 0 Å². The molecule has 0 amide bonds. The van der Waals surface area contributed by atoms with Gasteiger partial charge in [-0.05, 0) is 32.2 Å². The van der Waals surface area contributed by atoms with Gasteiger partial charge in [0.15, 0.2) is 0 Å². The molecule has 2 heteroatoms. The van der Waals surface area contributed by atoms with E-state index in [-0.39, 0.29) is 6.10 Å². The highest BCUT2D eigenvalue weighted by atomic mass is 16.3. The molecule has 0 radical (unpaired) electrons. The van der Waals surface area contributed by atoms with Crippen LogP contribution >= 0.6 is 0 Å². The molecular weight excluding hydrogens is 174 g/mol. The van der Waals surface area contributed by atoms with Crippen molar-refractivity contribution >= 4 is 0 Å². The summed E-state index contributed by atoms with van der Waals surface area (Å²) in [6, 6.07) is 0.799. The third-order valence-corrected chi connectivity index (χ3v) is 2.93. The second kappa shape index (κ2) is 6.41. The Kier molecular flexibility index (Phi) is 5.49. The first-order valence-corrected chi connectivity index (χ1v) is 6.20. The van der Waals surface area contributed by atoms with Crippen LogP contribution in [0.15, 0.2) is 0 Å². The summed E-state index contributed by atoms with van der Waals surface area (Å²) in [6.45, 7) is 6.45. The zero-order chi connectivity index (χ0) is 10.4. The van der Waals surface area contributed by atoms with E-state index in [1.807, 2.05) is 0 Å². The van der Waals surface area contributed by atoms with Gasteiger partial charge in [0, 0.05) is 12.6 Å². The Morgan fingerprint density at radius 2 is 2.00 bits per heavy atom. The van der Waals surface area contributed by atoms with Crippen LogP contribution in [0.3, 0.4) is 0 Å². The monoisotopic (exact) mass is 199 g/mol. The Labute approximate surface area is 88.3 Å². The van der Waals surface area contributed by atoms with E-state index in [0.717, 1.165) is 25.4 Å². The van der Waals surface area contributed by atoms with Crippen molar-refractivity contribution in [2.24, 2.45) is 0 Å². The second-order valence-corrected chi connectivity index (χ2v) is 4.52. The highest BCUT2D eigenvalue weighted by Crippen LogP contribution is 2.27. The maximum Gasteiger partial charge on any atom is 0.0667 e. The van der Waals surface area contributed by atoms with Gasteiger partial charge in [-0.25, -0.2) is 0 Å². The summed E-state index contributed by atoms with van der Waals surface area (Å²) in [5.74, 6) is 0. The van der Waals surface area contributed by atoms with E-state index in [2.05, 4.69) is 18.7 Å². The van der Waals surface area contributed by atoms with E-state index >= 15 is 0 Å². The summed E-state index contributed by atoms with van der Waals surface area (Å²) in [5, 5.41) is 9.75. The van der Waals surface area contributed by atoms with E-state index in [9.17, 15) is 5.11 Å². The minimum Gasteiger partial charge on any atom is -0.392 e. The largest absolute Gasteiger partial charge is 0.392 e. The average molecular weight is 199 g/mol. The molecule has 1 aliphatic rings. The molecule has 2 nitrogen and oxygen atoms in total. The third kappa shape index (κ3) is 4.43. The molecule has 0 aliphatic heterocycles. The fourth-order valence-corrected chi connectivity index (χ4v) is 1.92.